The van der Waals surface area contributed by atoms with Gasteiger partial charge in [-0.3, -0.25) is 0 Å². The maximum Gasteiger partial charge on any atom is 0.110 e. The normalized spacial score (nSPS) is 29.3. The number of imidazole rings is 1. The fourth-order valence-corrected chi connectivity index (χ4v) is 4.04. The number of nitrogens with zero attached hydrogens (tertiary/aromatic N) is 2. The van der Waals surface area contributed by atoms with Crippen LogP contribution in [0.2, 0.25) is 0 Å². The molecule has 3 nitrogen and oxygen atoms in total. The number of aromatic nitrogens is 2. The number of thioether (sulfide) groups is 1. The first kappa shape index (κ1) is 10.7. The van der Waals surface area contributed by atoms with Crippen LogP contribution in [0.15, 0.2) is 6.20 Å². The van der Waals surface area contributed by atoms with Crippen molar-refractivity contribution >= 4 is 11.8 Å². The SMILES string of the molecule is NC1CCCn2c1cnc2CC1CCCS1. The van der Waals surface area contributed by atoms with E-state index in [1.54, 1.807) is 0 Å². The van der Waals surface area contributed by atoms with E-state index >= 15 is 0 Å². The largest absolute Gasteiger partial charge is 0.331 e. The molecule has 4 heteroatoms. The first-order valence-electron chi connectivity index (χ1n) is 6.26. The van der Waals surface area contributed by atoms with Gasteiger partial charge in [0.15, 0.2) is 0 Å². The Hall–Kier alpha value is -0.480. The van der Waals surface area contributed by atoms with Crippen molar-refractivity contribution in [2.45, 2.75) is 49.9 Å². The molecule has 0 spiro atoms. The van der Waals surface area contributed by atoms with Crippen molar-refractivity contribution in [3.8, 4) is 0 Å². The second-order valence-corrected chi connectivity index (χ2v) is 6.25. The summed E-state index contributed by atoms with van der Waals surface area (Å²) >= 11 is 2.11. The van der Waals surface area contributed by atoms with Crippen LogP contribution in [0.1, 0.15) is 43.2 Å². The molecule has 1 fully saturated rings. The second-order valence-electron chi connectivity index (χ2n) is 4.84. The molecular weight excluding hydrogens is 218 g/mol. The summed E-state index contributed by atoms with van der Waals surface area (Å²) in [4.78, 5) is 4.58. The highest BCUT2D eigenvalue weighted by Gasteiger charge is 2.23. The fourth-order valence-electron chi connectivity index (χ4n) is 2.77. The lowest BCUT2D eigenvalue weighted by Gasteiger charge is -2.22. The van der Waals surface area contributed by atoms with Crippen molar-refractivity contribution in [1.82, 2.24) is 9.55 Å². The predicted molar refractivity (Wildman–Crippen MR) is 67.6 cm³/mol. The Morgan fingerprint density at radius 2 is 2.38 bits per heavy atom. The van der Waals surface area contributed by atoms with Crippen molar-refractivity contribution in [3.63, 3.8) is 0 Å². The van der Waals surface area contributed by atoms with E-state index in [0.717, 1.165) is 24.6 Å². The molecule has 1 aromatic heterocycles. The molecule has 3 heterocycles. The minimum atomic E-state index is 0.214. The van der Waals surface area contributed by atoms with Crippen molar-refractivity contribution in [3.05, 3.63) is 17.7 Å². The number of fused-ring (bicyclic) bond motifs is 1. The summed E-state index contributed by atoms with van der Waals surface area (Å²) in [6.07, 6.45) is 8.19. The van der Waals surface area contributed by atoms with Crippen molar-refractivity contribution in [2.24, 2.45) is 5.73 Å². The topological polar surface area (TPSA) is 43.8 Å². The van der Waals surface area contributed by atoms with E-state index in [-0.39, 0.29) is 6.04 Å². The molecule has 88 valence electrons. The van der Waals surface area contributed by atoms with Gasteiger partial charge in [-0.2, -0.15) is 11.8 Å². The molecule has 3 rings (SSSR count). The highest BCUT2D eigenvalue weighted by atomic mass is 32.2. The molecule has 0 radical (unpaired) electrons. The van der Waals surface area contributed by atoms with Gasteiger partial charge in [-0.1, -0.05) is 0 Å². The second kappa shape index (κ2) is 4.41. The van der Waals surface area contributed by atoms with Crippen LogP contribution in [-0.2, 0) is 13.0 Å². The molecule has 16 heavy (non-hydrogen) atoms. The van der Waals surface area contributed by atoms with Crippen LogP contribution in [0.3, 0.4) is 0 Å². The van der Waals surface area contributed by atoms with Gasteiger partial charge in [0.05, 0.1) is 11.9 Å². The van der Waals surface area contributed by atoms with Crippen LogP contribution in [0.25, 0.3) is 0 Å². The van der Waals surface area contributed by atoms with Crippen LogP contribution < -0.4 is 5.73 Å². The van der Waals surface area contributed by atoms with Crippen molar-refractivity contribution < 1.29 is 0 Å². The molecule has 2 aliphatic rings. The monoisotopic (exact) mass is 237 g/mol. The molecule has 2 atom stereocenters. The molecule has 1 saturated heterocycles. The highest BCUT2D eigenvalue weighted by molar-refractivity contribution is 8.00. The maximum absolute atomic E-state index is 6.10. The summed E-state index contributed by atoms with van der Waals surface area (Å²) in [5.74, 6) is 2.60. The Kier molecular flexibility index (Phi) is 2.94. The van der Waals surface area contributed by atoms with Gasteiger partial charge in [-0.15, -0.1) is 0 Å². The number of rotatable bonds is 2. The Balaban J connectivity index is 1.79. The Morgan fingerprint density at radius 1 is 1.44 bits per heavy atom. The third-order valence-corrected chi connectivity index (χ3v) is 5.08. The van der Waals surface area contributed by atoms with Gasteiger partial charge in [0.25, 0.3) is 0 Å². The van der Waals surface area contributed by atoms with E-state index in [4.69, 9.17) is 5.73 Å². The average molecular weight is 237 g/mol. The van der Waals surface area contributed by atoms with Crippen molar-refractivity contribution in [2.75, 3.05) is 5.75 Å². The highest BCUT2D eigenvalue weighted by Crippen LogP contribution is 2.30. The number of nitrogens with two attached hydrogens (primary N) is 1. The molecule has 2 unspecified atom stereocenters. The number of hydrogen-bond donors (Lipinski definition) is 1. The first-order valence-corrected chi connectivity index (χ1v) is 7.31. The molecule has 0 saturated carbocycles. The zero-order valence-electron chi connectivity index (χ0n) is 9.56. The summed E-state index contributed by atoms with van der Waals surface area (Å²) < 4.78 is 2.37. The third-order valence-electron chi connectivity index (χ3n) is 3.68. The van der Waals surface area contributed by atoms with Gasteiger partial charge in [0.1, 0.15) is 5.82 Å². The van der Waals surface area contributed by atoms with Crippen molar-refractivity contribution in [1.29, 1.82) is 0 Å². The molecule has 1 aromatic rings. The first-order chi connectivity index (χ1) is 7.84. The zero-order valence-corrected chi connectivity index (χ0v) is 10.4. The summed E-state index contributed by atoms with van der Waals surface area (Å²) in [5, 5.41) is 0.796. The van der Waals surface area contributed by atoms with Crippen LogP contribution in [0.4, 0.5) is 0 Å². The maximum atomic E-state index is 6.10. The minimum Gasteiger partial charge on any atom is -0.331 e. The lowest BCUT2D eigenvalue weighted by Crippen LogP contribution is -2.23. The lowest BCUT2D eigenvalue weighted by molar-refractivity contribution is 0.450. The van der Waals surface area contributed by atoms with E-state index in [1.165, 1.54) is 36.5 Å². The molecule has 0 amide bonds. The quantitative estimate of drug-likeness (QED) is 0.857. The van der Waals surface area contributed by atoms with Crippen LogP contribution in [0, 0.1) is 0 Å². The van der Waals surface area contributed by atoms with Gasteiger partial charge in [0, 0.05) is 24.3 Å². The van der Waals surface area contributed by atoms with Gasteiger partial charge >= 0.3 is 0 Å². The summed E-state index contributed by atoms with van der Waals surface area (Å²) in [6.45, 7) is 1.12. The summed E-state index contributed by atoms with van der Waals surface area (Å²) in [5.41, 5.74) is 7.36. The Morgan fingerprint density at radius 3 is 3.19 bits per heavy atom. The molecule has 2 N–H and O–H groups in total. The van der Waals surface area contributed by atoms with E-state index in [0.29, 0.717) is 0 Å². The van der Waals surface area contributed by atoms with E-state index in [1.807, 2.05) is 6.20 Å². The molecule has 0 aliphatic carbocycles. The third kappa shape index (κ3) is 1.89. The van der Waals surface area contributed by atoms with E-state index < -0.39 is 0 Å². The molecular formula is C12H19N3S. The predicted octanol–water partition coefficient (Wildman–Crippen LogP) is 2.11. The van der Waals surface area contributed by atoms with Gasteiger partial charge < -0.3 is 10.3 Å². The Bertz CT molecular complexity index is 368. The average Bonchev–Trinajstić information content (AvgIpc) is 2.90. The standard InChI is InChI=1S/C12H19N3S/c13-10-4-1-5-15-11(10)8-14-12(15)7-9-3-2-6-16-9/h8-10H,1-7,13H2. The summed E-state index contributed by atoms with van der Waals surface area (Å²) in [6, 6.07) is 0.214. The smallest absolute Gasteiger partial charge is 0.110 e. The minimum absolute atomic E-state index is 0.214. The molecule has 2 aliphatic heterocycles. The fraction of sp³-hybridized carbons (Fsp3) is 0.750. The lowest BCUT2D eigenvalue weighted by atomic mass is 10.1. The van der Waals surface area contributed by atoms with Crippen LogP contribution in [0.5, 0.6) is 0 Å². The summed E-state index contributed by atoms with van der Waals surface area (Å²) in [7, 11) is 0. The van der Waals surface area contributed by atoms with Crippen LogP contribution >= 0.6 is 11.8 Å². The van der Waals surface area contributed by atoms with E-state index in [9.17, 15) is 0 Å². The molecule has 0 bridgehead atoms. The van der Waals surface area contributed by atoms with Gasteiger partial charge in [-0.25, -0.2) is 4.98 Å². The number of hydrogen-bond acceptors (Lipinski definition) is 3. The molecule has 0 aromatic carbocycles. The van der Waals surface area contributed by atoms with Gasteiger partial charge in [0.2, 0.25) is 0 Å². The van der Waals surface area contributed by atoms with Crippen LogP contribution in [-0.4, -0.2) is 20.6 Å². The van der Waals surface area contributed by atoms with E-state index in [2.05, 4.69) is 21.3 Å². The Labute approximate surface area is 101 Å². The zero-order chi connectivity index (χ0) is 11.0. The van der Waals surface area contributed by atoms with Gasteiger partial charge in [-0.05, 0) is 31.4 Å².